The second-order valence-corrected chi connectivity index (χ2v) is 3.32. The van der Waals surface area contributed by atoms with Gasteiger partial charge in [-0.15, -0.1) is 0 Å². The minimum Gasteiger partial charge on any atom is -0.492 e. The van der Waals surface area contributed by atoms with Crippen LogP contribution in [0.2, 0.25) is 0 Å². The van der Waals surface area contributed by atoms with Crippen molar-refractivity contribution in [3.8, 4) is 0 Å². The van der Waals surface area contributed by atoms with Gasteiger partial charge < -0.3 is 26.0 Å². The molecule has 0 aromatic rings. The molecule has 94 valence electrons. The molecule has 0 radical (unpaired) electrons. The van der Waals surface area contributed by atoms with Gasteiger partial charge in [0.1, 0.15) is 6.10 Å². The lowest BCUT2D eigenvalue weighted by Gasteiger charge is -2.23. The molecule has 7 heteroatoms. The Morgan fingerprint density at radius 3 is 2.35 bits per heavy atom. The third kappa shape index (κ3) is 3.40. The lowest BCUT2D eigenvalue weighted by atomic mass is 10.2. The Hall–Kier alpha value is -2.18. The van der Waals surface area contributed by atoms with E-state index in [1.807, 2.05) is 0 Å². The van der Waals surface area contributed by atoms with E-state index in [-0.39, 0.29) is 18.2 Å². The maximum absolute atomic E-state index is 11.3. The summed E-state index contributed by atoms with van der Waals surface area (Å²) in [5.41, 5.74) is 0.988. The van der Waals surface area contributed by atoms with E-state index in [2.05, 4.69) is 21.3 Å². The normalized spacial score (nSPS) is 18.2. The summed E-state index contributed by atoms with van der Waals surface area (Å²) in [6.45, 7) is 1.76. The fourth-order valence-corrected chi connectivity index (χ4v) is 1.25. The van der Waals surface area contributed by atoms with Crippen LogP contribution in [0.25, 0.3) is 0 Å². The standard InChI is InChI=1S/C10H16N4O3/c1-6-8(14-10(16)12-3)7(4-5-17-6)13-9(15)11-2/h4-6H,1-3H3,(H2,11,13,15)(H2,12,14,16). The number of rotatable bonds is 2. The Bertz CT molecular complexity index is 376. The lowest BCUT2D eigenvalue weighted by Crippen LogP contribution is -2.41. The Morgan fingerprint density at radius 1 is 1.18 bits per heavy atom. The summed E-state index contributed by atoms with van der Waals surface area (Å²) in [6.07, 6.45) is 2.69. The molecule has 0 spiro atoms. The quantitative estimate of drug-likeness (QED) is 0.547. The summed E-state index contributed by atoms with van der Waals surface area (Å²) in [5.74, 6) is 0. The monoisotopic (exact) mass is 240 g/mol. The molecule has 17 heavy (non-hydrogen) atoms. The van der Waals surface area contributed by atoms with Crippen molar-refractivity contribution < 1.29 is 14.3 Å². The second-order valence-electron chi connectivity index (χ2n) is 3.32. The van der Waals surface area contributed by atoms with Gasteiger partial charge in [0.15, 0.2) is 0 Å². The molecule has 1 heterocycles. The van der Waals surface area contributed by atoms with Gasteiger partial charge in [-0.1, -0.05) is 0 Å². The van der Waals surface area contributed by atoms with E-state index in [9.17, 15) is 9.59 Å². The van der Waals surface area contributed by atoms with Crippen LogP contribution in [0.5, 0.6) is 0 Å². The predicted molar refractivity (Wildman–Crippen MR) is 61.9 cm³/mol. The lowest BCUT2D eigenvalue weighted by molar-refractivity contribution is 0.177. The van der Waals surface area contributed by atoms with Crippen molar-refractivity contribution in [2.45, 2.75) is 13.0 Å². The maximum Gasteiger partial charge on any atom is 0.319 e. The first kappa shape index (κ1) is 12.9. The number of hydrogen-bond acceptors (Lipinski definition) is 3. The van der Waals surface area contributed by atoms with Crippen molar-refractivity contribution in [1.82, 2.24) is 21.3 Å². The number of ether oxygens (including phenoxy) is 1. The Labute approximate surface area is 99.3 Å². The highest BCUT2D eigenvalue weighted by Crippen LogP contribution is 2.14. The van der Waals surface area contributed by atoms with E-state index in [0.717, 1.165) is 0 Å². The first-order chi connectivity index (χ1) is 8.08. The van der Waals surface area contributed by atoms with Crippen molar-refractivity contribution in [2.75, 3.05) is 14.1 Å². The Kier molecular flexibility index (Phi) is 4.38. The number of hydrogen-bond donors (Lipinski definition) is 4. The summed E-state index contributed by atoms with van der Waals surface area (Å²) in [7, 11) is 3.01. The molecule has 0 fully saturated rings. The third-order valence-corrected chi connectivity index (χ3v) is 2.16. The number of carbonyl (C=O) groups excluding carboxylic acids is 2. The van der Waals surface area contributed by atoms with Gasteiger partial charge >= 0.3 is 12.1 Å². The molecule has 1 rings (SSSR count). The van der Waals surface area contributed by atoms with Crippen molar-refractivity contribution in [3.63, 3.8) is 0 Å². The van der Waals surface area contributed by atoms with Gasteiger partial charge in [-0.05, 0) is 13.0 Å². The van der Waals surface area contributed by atoms with Crippen LogP contribution >= 0.6 is 0 Å². The van der Waals surface area contributed by atoms with Crippen LogP contribution in [0, 0.1) is 0 Å². The average molecular weight is 240 g/mol. The van der Waals surface area contributed by atoms with Gasteiger partial charge in [-0.2, -0.15) is 0 Å². The maximum atomic E-state index is 11.3. The van der Waals surface area contributed by atoms with E-state index in [0.29, 0.717) is 11.4 Å². The zero-order chi connectivity index (χ0) is 12.8. The number of allylic oxidation sites excluding steroid dienone is 1. The van der Waals surface area contributed by atoms with E-state index in [1.165, 1.54) is 20.4 Å². The molecule has 0 aromatic carbocycles. The van der Waals surface area contributed by atoms with Crippen LogP contribution < -0.4 is 21.3 Å². The molecular formula is C10H16N4O3. The molecule has 0 saturated heterocycles. The Balaban J connectivity index is 2.89. The molecule has 7 nitrogen and oxygen atoms in total. The molecule has 0 aliphatic carbocycles. The summed E-state index contributed by atoms with van der Waals surface area (Å²) in [5, 5.41) is 10.1. The minimum atomic E-state index is -0.373. The van der Waals surface area contributed by atoms with Gasteiger partial charge in [0.25, 0.3) is 0 Å². The van der Waals surface area contributed by atoms with E-state index >= 15 is 0 Å². The molecule has 1 atom stereocenters. The Morgan fingerprint density at radius 2 is 1.76 bits per heavy atom. The summed E-state index contributed by atoms with van der Waals surface area (Å²) in [6, 6.07) is -0.739. The van der Waals surface area contributed by atoms with Crippen LogP contribution in [0.3, 0.4) is 0 Å². The highest BCUT2D eigenvalue weighted by molar-refractivity contribution is 5.78. The fourth-order valence-electron chi connectivity index (χ4n) is 1.25. The summed E-state index contributed by atoms with van der Waals surface area (Å²) < 4.78 is 5.23. The molecule has 1 aliphatic heterocycles. The number of urea groups is 2. The van der Waals surface area contributed by atoms with Gasteiger partial charge in [-0.25, -0.2) is 9.59 Å². The molecule has 1 unspecified atom stereocenters. The van der Waals surface area contributed by atoms with Crippen LogP contribution in [-0.2, 0) is 4.74 Å². The molecule has 1 aliphatic rings. The second kappa shape index (κ2) is 5.78. The molecule has 4 N–H and O–H groups in total. The van der Waals surface area contributed by atoms with Crippen LogP contribution in [0.1, 0.15) is 6.92 Å². The smallest absolute Gasteiger partial charge is 0.319 e. The first-order valence-electron chi connectivity index (χ1n) is 5.12. The van der Waals surface area contributed by atoms with E-state index in [1.54, 1.807) is 13.0 Å². The predicted octanol–water partition coefficient (Wildman–Crippen LogP) is -0.0116. The molecular weight excluding hydrogens is 224 g/mol. The van der Waals surface area contributed by atoms with Crippen molar-refractivity contribution in [2.24, 2.45) is 0 Å². The van der Waals surface area contributed by atoms with Crippen molar-refractivity contribution in [1.29, 1.82) is 0 Å². The van der Waals surface area contributed by atoms with Crippen molar-refractivity contribution in [3.05, 3.63) is 23.7 Å². The van der Waals surface area contributed by atoms with Gasteiger partial charge in [0, 0.05) is 14.1 Å². The molecule has 0 aromatic heterocycles. The molecule has 0 bridgehead atoms. The van der Waals surface area contributed by atoms with E-state index in [4.69, 9.17) is 4.74 Å². The first-order valence-corrected chi connectivity index (χ1v) is 5.12. The topological polar surface area (TPSA) is 91.5 Å². The number of carbonyl (C=O) groups is 2. The van der Waals surface area contributed by atoms with Gasteiger partial charge in [0.2, 0.25) is 0 Å². The number of nitrogens with one attached hydrogen (secondary N) is 4. The van der Waals surface area contributed by atoms with Gasteiger partial charge in [0.05, 0.1) is 17.7 Å². The zero-order valence-electron chi connectivity index (χ0n) is 9.96. The zero-order valence-corrected chi connectivity index (χ0v) is 9.96. The SMILES string of the molecule is CNC(=O)NC1=C(NC(=O)NC)C(C)OC=C1. The third-order valence-electron chi connectivity index (χ3n) is 2.16. The van der Waals surface area contributed by atoms with Crippen LogP contribution in [0.15, 0.2) is 23.7 Å². The van der Waals surface area contributed by atoms with E-state index < -0.39 is 0 Å². The fraction of sp³-hybridized carbons (Fsp3) is 0.400. The van der Waals surface area contributed by atoms with Crippen LogP contribution in [-0.4, -0.2) is 32.3 Å². The average Bonchev–Trinajstić information content (AvgIpc) is 2.33. The van der Waals surface area contributed by atoms with Gasteiger partial charge in [-0.3, -0.25) is 0 Å². The largest absolute Gasteiger partial charge is 0.492 e. The summed E-state index contributed by atoms with van der Waals surface area (Å²) >= 11 is 0. The van der Waals surface area contributed by atoms with Crippen molar-refractivity contribution >= 4 is 12.1 Å². The van der Waals surface area contributed by atoms with Crippen LogP contribution in [0.4, 0.5) is 9.59 Å². The highest BCUT2D eigenvalue weighted by Gasteiger charge is 2.20. The molecule has 4 amide bonds. The summed E-state index contributed by atoms with van der Waals surface area (Å²) in [4.78, 5) is 22.5. The minimum absolute atomic E-state index is 0.343. The number of amides is 4. The molecule has 0 saturated carbocycles. The highest BCUT2D eigenvalue weighted by atomic mass is 16.5.